The number of benzene rings is 1. The monoisotopic (exact) mass is 295 g/mol. The molecule has 1 aromatic carbocycles. The molecular formula is C11H9ClF3NO3. The Morgan fingerprint density at radius 1 is 1.37 bits per heavy atom. The highest BCUT2D eigenvalue weighted by Crippen LogP contribution is 2.26. The molecule has 19 heavy (non-hydrogen) atoms. The van der Waals surface area contributed by atoms with Gasteiger partial charge >= 0.3 is 18.1 Å². The molecule has 0 bridgehead atoms. The van der Waals surface area contributed by atoms with E-state index in [4.69, 9.17) is 16.3 Å². The van der Waals surface area contributed by atoms with E-state index in [2.05, 4.69) is 0 Å². The van der Waals surface area contributed by atoms with Crippen LogP contribution in [-0.4, -0.2) is 24.7 Å². The first kappa shape index (κ1) is 15.3. The second kappa shape index (κ2) is 5.92. The summed E-state index contributed by atoms with van der Waals surface area (Å²) in [5.74, 6) is -2.80. The number of esters is 1. The zero-order chi connectivity index (χ0) is 14.6. The molecule has 0 atom stereocenters. The van der Waals surface area contributed by atoms with Crippen LogP contribution in [0.5, 0.6) is 0 Å². The Balaban J connectivity index is 2.89. The van der Waals surface area contributed by atoms with Gasteiger partial charge in [-0.2, -0.15) is 13.2 Å². The van der Waals surface area contributed by atoms with Crippen LogP contribution in [0, 0.1) is 0 Å². The van der Waals surface area contributed by atoms with Gasteiger partial charge < -0.3 is 10.1 Å². The average Bonchev–Trinajstić information content (AvgIpc) is 2.30. The molecule has 0 heterocycles. The van der Waals surface area contributed by atoms with Crippen LogP contribution < -0.4 is 5.32 Å². The van der Waals surface area contributed by atoms with Crippen molar-refractivity contribution in [3.8, 4) is 0 Å². The maximum atomic E-state index is 12.0. The predicted molar refractivity (Wildman–Crippen MR) is 62.1 cm³/mol. The molecular weight excluding hydrogens is 287 g/mol. The van der Waals surface area contributed by atoms with Crippen molar-refractivity contribution in [1.29, 1.82) is 0 Å². The minimum absolute atomic E-state index is 0.0804. The standard InChI is InChI=1S/C11H9ClF3NO3/c1-2-19-9(17)6-3-4-8(7(12)5-6)16-10(18)11(13,14)15/h3-5H,2H2,1H3,(H,16,18). The van der Waals surface area contributed by atoms with Crippen molar-refractivity contribution in [3.63, 3.8) is 0 Å². The van der Waals surface area contributed by atoms with Crippen molar-refractivity contribution in [3.05, 3.63) is 28.8 Å². The largest absolute Gasteiger partial charge is 0.471 e. The minimum atomic E-state index is -5.01. The van der Waals surface area contributed by atoms with Crippen LogP contribution >= 0.6 is 11.6 Å². The van der Waals surface area contributed by atoms with Gasteiger partial charge in [-0.1, -0.05) is 11.6 Å². The lowest BCUT2D eigenvalue weighted by Gasteiger charge is -2.10. The second-order valence-electron chi connectivity index (χ2n) is 3.37. The number of amides is 1. The molecule has 0 saturated carbocycles. The summed E-state index contributed by atoms with van der Waals surface area (Å²) in [4.78, 5) is 22.1. The van der Waals surface area contributed by atoms with Crippen molar-refractivity contribution in [1.82, 2.24) is 0 Å². The maximum absolute atomic E-state index is 12.0. The van der Waals surface area contributed by atoms with Crippen molar-refractivity contribution in [2.24, 2.45) is 0 Å². The third-order valence-corrected chi connectivity index (χ3v) is 2.30. The maximum Gasteiger partial charge on any atom is 0.471 e. The molecule has 0 radical (unpaired) electrons. The fourth-order valence-electron chi connectivity index (χ4n) is 1.15. The highest BCUT2D eigenvalue weighted by atomic mass is 35.5. The van der Waals surface area contributed by atoms with E-state index >= 15 is 0 Å². The van der Waals surface area contributed by atoms with Gasteiger partial charge in [-0.05, 0) is 25.1 Å². The van der Waals surface area contributed by atoms with Gasteiger partial charge in [-0.3, -0.25) is 4.79 Å². The quantitative estimate of drug-likeness (QED) is 0.872. The number of carbonyl (C=O) groups is 2. The number of ether oxygens (including phenoxy) is 1. The van der Waals surface area contributed by atoms with E-state index < -0.39 is 18.1 Å². The van der Waals surface area contributed by atoms with E-state index in [1.165, 1.54) is 6.07 Å². The van der Waals surface area contributed by atoms with Crippen molar-refractivity contribution >= 4 is 29.2 Å². The molecule has 0 aliphatic rings. The van der Waals surface area contributed by atoms with Crippen LogP contribution in [0.3, 0.4) is 0 Å². The van der Waals surface area contributed by atoms with Gasteiger partial charge in [0, 0.05) is 0 Å². The van der Waals surface area contributed by atoms with E-state index in [1.807, 2.05) is 0 Å². The molecule has 0 spiro atoms. The molecule has 0 fully saturated rings. The van der Waals surface area contributed by atoms with Gasteiger partial charge in [0.05, 0.1) is 22.9 Å². The molecule has 1 N–H and O–H groups in total. The summed E-state index contributed by atoms with van der Waals surface area (Å²) in [5.41, 5.74) is -0.158. The summed E-state index contributed by atoms with van der Waals surface area (Å²) in [6.07, 6.45) is -5.01. The molecule has 104 valence electrons. The number of rotatable bonds is 3. The molecule has 1 amide bonds. The molecule has 8 heteroatoms. The topological polar surface area (TPSA) is 55.4 Å². The van der Waals surface area contributed by atoms with E-state index in [-0.39, 0.29) is 22.9 Å². The summed E-state index contributed by atoms with van der Waals surface area (Å²) in [7, 11) is 0. The zero-order valence-electron chi connectivity index (χ0n) is 9.68. The second-order valence-corrected chi connectivity index (χ2v) is 3.77. The van der Waals surface area contributed by atoms with E-state index in [0.29, 0.717) is 0 Å². The Bertz CT molecular complexity index is 502. The van der Waals surface area contributed by atoms with Crippen LogP contribution in [0.2, 0.25) is 5.02 Å². The Kier molecular flexibility index (Phi) is 4.77. The van der Waals surface area contributed by atoms with E-state index in [0.717, 1.165) is 12.1 Å². The number of halogens is 4. The molecule has 0 aromatic heterocycles. The number of hydrogen-bond acceptors (Lipinski definition) is 3. The highest BCUT2D eigenvalue weighted by Gasteiger charge is 2.38. The first-order valence-electron chi connectivity index (χ1n) is 5.10. The molecule has 0 aliphatic carbocycles. The average molecular weight is 296 g/mol. The Morgan fingerprint density at radius 3 is 2.47 bits per heavy atom. The number of carbonyl (C=O) groups excluding carboxylic acids is 2. The molecule has 4 nitrogen and oxygen atoms in total. The van der Waals surface area contributed by atoms with Gasteiger partial charge in [0.15, 0.2) is 0 Å². The molecule has 0 saturated heterocycles. The lowest BCUT2D eigenvalue weighted by atomic mass is 10.2. The van der Waals surface area contributed by atoms with Crippen molar-refractivity contribution in [2.45, 2.75) is 13.1 Å². The van der Waals surface area contributed by atoms with Crippen LogP contribution in [0.1, 0.15) is 17.3 Å². The van der Waals surface area contributed by atoms with Crippen LogP contribution in [0.15, 0.2) is 18.2 Å². The Hall–Kier alpha value is -1.76. The summed E-state index contributed by atoms with van der Waals surface area (Å²) in [5, 5.41) is 1.41. The van der Waals surface area contributed by atoms with Gasteiger partial charge in [0.1, 0.15) is 0 Å². The highest BCUT2D eigenvalue weighted by molar-refractivity contribution is 6.34. The van der Waals surface area contributed by atoms with Gasteiger partial charge in [0.25, 0.3) is 0 Å². The van der Waals surface area contributed by atoms with Gasteiger partial charge in [-0.15, -0.1) is 0 Å². The van der Waals surface area contributed by atoms with Gasteiger partial charge in [0.2, 0.25) is 0 Å². The van der Waals surface area contributed by atoms with E-state index in [9.17, 15) is 22.8 Å². The van der Waals surface area contributed by atoms with Crippen LogP contribution in [0.4, 0.5) is 18.9 Å². The smallest absolute Gasteiger partial charge is 0.462 e. The number of alkyl halides is 3. The molecule has 0 aliphatic heterocycles. The number of anilines is 1. The molecule has 1 aromatic rings. The molecule has 0 unspecified atom stereocenters. The third-order valence-electron chi connectivity index (χ3n) is 1.99. The van der Waals surface area contributed by atoms with Gasteiger partial charge in [-0.25, -0.2) is 4.79 Å². The summed E-state index contributed by atoms with van der Waals surface area (Å²) >= 11 is 5.68. The van der Waals surface area contributed by atoms with Crippen LogP contribution in [0.25, 0.3) is 0 Å². The van der Waals surface area contributed by atoms with E-state index in [1.54, 1.807) is 12.2 Å². The van der Waals surface area contributed by atoms with Crippen molar-refractivity contribution in [2.75, 3.05) is 11.9 Å². The summed E-state index contributed by atoms with van der Waals surface area (Å²) < 4.78 is 40.8. The lowest BCUT2D eigenvalue weighted by Crippen LogP contribution is -2.30. The summed E-state index contributed by atoms with van der Waals surface area (Å²) in [6, 6.07) is 3.42. The fourth-order valence-corrected chi connectivity index (χ4v) is 1.38. The van der Waals surface area contributed by atoms with Crippen LogP contribution in [-0.2, 0) is 9.53 Å². The number of nitrogens with one attached hydrogen (secondary N) is 1. The minimum Gasteiger partial charge on any atom is -0.462 e. The first-order chi connectivity index (χ1) is 8.75. The molecule has 1 rings (SSSR count). The third kappa shape index (κ3) is 4.13. The first-order valence-corrected chi connectivity index (χ1v) is 5.48. The predicted octanol–water partition coefficient (Wildman–Crippen LogP) is 3.02. The van der Waals surface area contributed by atoms with Crippen molar-refractivity contribution < 1.29 is 27.5 Å². The zero-order valence-corrected chi connectivity index (χ0v) is 10.4. The SMILES string of the molecule is CCOC(=O)c1ccc(NC(=O)C(F)(F)F)c(Cl)c1. The Morgan fingerprint density at radius 2 is 2.00 bits per heavy atom. The normalized spacial score (nSPS) is 11.0. The lowest BCUT2D eigenvalue weighted by molar-refractivity contribution is -0.167. The summed E-state index contributed by atoms with van der Waals surface area (Å²) in [6.45, 7) is 1.76. The fraction of sp³-hybridized carbons (Fsp3) is 0.273. The Labute approximate surface area is 111 Å². The number of hydrogen-bond donors (Lipinski definition) is 1.